The third-order valence-electron chi connectivity index (χ3n) is 5.62. The SMILES string of the molecule is COc1cccc(NC(=O)Nc2ccc(N3CCC(C)CC3)c(C(=O)NCC(C)C)c2)c1. The maximum absolute atomic E-state index is 13.0. The second-order valence-electron chi connectivity index (χ2n) is 8.82. The van der Waals surface area contributed by atoms with E-state index in [0.717, 1.165) is 31.6 Å². The minimum atomic E-state index is -0.383. The van der Waals surface area contributed by atoms with Gasteiger partial charge in [0.25, 0.3) is 5.91 Å². The Balaban J connectivity index is 1.77. The van der Waals surface area contributed by atoms with Gasteiger partial charge in [-0.05, 0) is 55.0 Å². The molecule has 1 heterocycles. The zero-order chi connectivity index (χ0) is 23.1. The summed E-state index contributed by atoms with van der Waals surface area (Å²) in [5.41, 5.74) is 2.68. The molecule has 2 aromatic rings. The Kier molecular flexibility index (Phi) is 7.98. The predicted molar refractivity (Wildman–Crippen MR) is 130 cm³/mol. The lowest BCUT2D eigenvalue weighted by molar-refractivity contribution is 0.0949. The number of rotatable bonds is 7. The number of ether oxygens (including phenoxy) is 1. The van der Waals surface area contributed by atoms with Crippen LogP contribution < -0.4 is 25.6 Å². The van der Waals surface area contributed by atoms with E-state index >= 15 is 0 Å². The normalized spacial score (nSPS) is 14.2. The molecule has 0 bridgehead atoms. The maximum atomic E-state index is 13.0. The Labute approximate surface area is 190 Å². The molecule has 0 atom stereocenters. The second kappa shape index (κ2) is 10.9. The van der Waals surface area contributed by atoms with Gasteiger partial charge in [0.2, 0.25) is 0 Å². The molecule has 7 nitrogen and oxygen atoms in total. The number of piperidine rings is 1. The van der Waals surface area contributed by atoms with E-state index < -0.39 is 0 Å². The summed E-state index contributed by atoms with van der Waals surface area (Å²) in [5, 5.41) is 8.64. The molecule has 3 amide bonds. The largest absolute Gasteiger partial charge is 0.497 e. The first-order chi connectivity index (χ1) is 15.4. The van der Waals surface area contributed by atoms with Crippen molar-refractivity contribution in [2.45, 2.75) is 33.6 Å². The molecular weight excluding hydrogens is 404 g/mol. The fourth-order valence-electron chi connectivity index (χ4n) is 3.71. The highest BCUT2D eigenvalue weighted by atomic mass is 16.5. The van der Waals surface area contributed by atoms with Crippen LogP contribution in [0.15, 0.2) is 42.5 Å². The number of carbonyl (C=O) groups excluding carboxylic acids is 2. The molecule has 1 aliphatic heterocycles. The minimum absolute atomic E-state index is 0.121. The number of urea groups is 1. The number of hydrogen-bond donors (Lipinski definition) is 3. The molecule has 0 aliphatic carbocycles. The quantitative estimate of drug-likeness (QED) is 0.570. The Bertz CT molecular complexity index is 937. The van der Waals surface area contributed by atoms with Gasteiger partial charge in [0.1, 0.15) is 5.75 Å². The van der Waals surface area contributed by atoms with Crippen LogP contribution in [0.1, 0.15) is 44.0 Å². The second-order valence-corrected chi connectivity index (χ2v) is 8.82. The van der Waals surface area contributed by atoms with Crippen molar-refractivity contribution < 1.29 is 14.3 Å². The molecule has 0 spiro atoms. The molecule has 0 saturated carbocycles. The molecule has 7 heteroatoms. The van der Waals surface area contributed by atoms with Crippen molar-refractivity contribution >= 4 is 29.0 Å². The Morgan fingerprint density at radius 2 is 1.75 bits per heavy atom. The molecule has 1 fully saturated rings. The number of amides is 3. The van der Waals surface area contributed by atoms with Crippen LogP contribution in [-0.4, -0.2) is 38.7 Å². The van der Waals surface area contributed by atoms with Gasteiger partial charge in [0.15, 0.2) is 0 Å². The van der Waals surface area contributed by atoms with E-state index in [1.54, 1.807) is 31.4 Å². The summed E-state index contributed by atoms with van der Waals surface area (Å²) >= 11 is 0. The molecule has 1 saturated heterocycles. The number of nitrogens with zero attached hydrogens (tertiary/aromatic N) is 1. The Morgan fingerprint density at radius 1 is 1.06 bits per heavy atom. The van der Waals surface area contributed by atoms with Crippen LogP contribution in [0.25, 0.3) is 0 Å². The molecule has 172 valence electrons. The fourth-order valence-corrected chi connectivity index (χ4v) is 3.71. The minimum Gasteiger partial charge on any atom is -0.497 e. The van der Waals surface area contributed by atoms with Gasteiger partial charge in [0, 0.05) is 42.8 Å². The Hall–Kier alpha value is -3.22. The first kappa shape index (κ1) is 23.4. The number of anilines is 3. The highest BCUT2D eigenvalue weighted by molar-refractivity contribution is 6.04. The standard InChI is InChI=1S/C25H34N4O3/c1-17(2)16-26-24(30)22-15-20(8-9-23(22)29-12-10-18(3)11-13-29)28-25(31)27-19-6-5-7-21(14-19)32-4/h5-9,14-15,17-18H,10-13,16H2,1-4H3,(H,26,30)(H2,27,28,31). The number of nitrogens with one attached hydrogen (secondary N) is 3. The van der Waals surface area contributed by atoms with E-state index in [1.165, 1.54) is 0 Å². The zero-order valence-electron chi connectivity index (χ0n) is 19.4. The highest BCUT2D eigenvalue weighted by Crippen LogP contribution is 2.29. The van der Waals surface area contributed by atoms with Crippen LogP contribution in [0.4, 0.5) is 21.9 Å². The predicted octanol–water partition coefficient (Wildman–Crippen LogP) is 4.96. The smallest absolute Gasteiger partial charge is 0.323 e. The van der Waals surface area contributed by atoms with Crippen molar-refractivity contribution in [3.8, 4) is 5.75 Å². The first-order valence-corrected chi connectivity index (χ1v) is 11.2. The van der Waals surface area contributed by atoms with Crippen molar-refractivity contribution in [2.75, 3.05) is 42.3 Å². The lowest BCUT2D eigenvalue weighted by atomic mass is 9.97. The average Bonchev–Trinajstić information content (AvgIpc) is 2.78. The van der Waals surface area contributed by atoms with E-state index in [9.17, 15) is 9.59 Å². The van der Waals surface area contributed by atoms with Crippen LogP contribution in [0, 0.1) is 11.8 Å². The van der Waals surface area contributed by atoms with Crippen molar-refractivity contribution in [3.63, 3.8) is 0 Å². The molecule has 0 radical (unpaired) electrons. The van der Waals surface area contributed by atoms with Gasteiger partial charge in [0.05, 0.1) is 12.7 Å². The molecular formula is C25H34N4O3. The van der Waals surface area contributed by atoms with Gasteiger partial charge in [-0.25, -0.2) is 4.79 Å². The van der Waals surface area contributed by atoms with Crippen LogP contribution in [0.3, 0.4) is 0 Å². The summed E-state index contributed by atoms with van der Waals surface area (Å²) in [6.45, 7) is 8.84. The third kappa shape index (κ3) is 6.39. The molecule has 2 aromatic carbocycles. The maximum Gasteiger partial charge on any atom is 0.323 e. The number of methoxy groups -OCH3 is 1. The lowest BCUT2D eigenvalue weighted by Crippen LogP contribution is -2.35. The molecule has 0 aromatic heterocycles. The highest BCUT2D eigenvalue weighted by Gasteiger charge is 2.22. The molecule has 1 aliphatic rings. The summed E-state index contributed by atoms with van der Waals surface area (Å²) in [6, 6.07) is 12.3. The van der Waals surface area contributed by atoms with Gasteiger partial charge in [-0.15, -0.1) is 0 Å². The van der Waals surface area contributed by atoms with Crippen LogP contribution in [-0.2, 0) is 0 Å². The van der Waals surface area contributed by atoms with E-state index in [1.807, 2.05) is 18.2 Å². The summed E-state index contributed by atoms with van der Waals surface area (Å²) in [7, 11) is 1.58. The van der Waals surface area contributed by atoms with E-state index in [-0.39, 0.29) is 11.9 Å². The van der Waals surface area contributed by atoms with E-state index in [4.69, 9.17) is 4.74 Å². The molecule has 3 N–H and O–H groups in total. The van der Waals surface area contributed by atoms with Gasteiger partial charge in [-0.3, -0.25) is 4.79 Å². The molecule has 3 rings (SSSR count). The zero-order valence-corrected chi connectivity index (χ0v) is 19.4. The molecule has 0 unspecified atom stereocenters. The summed E-state index contributed by atoms with van der Waals surface area (Å²) in [6.07, 6.45) is 2.21. The number of benzene rings is 2. The van der Waals surface area contributed by atoms with Gasteiger partial charge in [-0.2, -0.15) is 0 Å². The van der Waals surface area contributed by atoms with Gasteiger partial charge >= 0.3 is 6.03 Å². The van der Waals surface area contributed by atoms with Crippen molar-refractivity contribution in [1.29, 1.82) is 0 Å². The lowest BCUT2D eigenvalue weighted by Gasteiger charge is -2.33. The topological polar surface area (TPSA) is 82.7 Å². The third-order valence-corrected chi connectivity index (χ3v) is 5.62. The summed E-state index contributed by atoms with van der Waals surface area (Å²) in [5.74, 6) is 1.59. The van der Waals surface area contributed by atoms with Crippen LogP contribution in [0.2, 0.25) is 0 Å². The van der Waals surface area contributed by atoms with Crippen molar-refractivity contribution in [1.82, 2.24) is 5.32 Å². The van der Waals surface area contributed by atoms with Crippen LogP contribution in [0.5, 0.6) is 5.75 Å². The number of carbonyl (C=O) groups is 2. The first-order valence-electron chi connectivity index (χ1n) is 11.2. The van der Waals surface area contributed by atoms with Crippen LogP contribution >= 0.6 is 0 Å². The average molecular weight is 439 g/mol. The summed E-state index contributed by atoms with van der Waals surface area (Å²) in [4.78, 5) is 27.8. The van der Waals surface area contributed by atoms with Crippen molar-refractivity contribution in [2.24, 2.45) is 11.8 Å². The van der Waals surface area contributed by atoms with E-state index in [2.05, 4.69) is 41.6 Å². The summed E-state index contributed by atoms with van der Waals surface area (Å²) < 4.78 is 5.19. The molecule has 32 heavy (non-hydrogen) atoms. The van der Waals surface area contributed by atoms with Gasteiger partial charge in [-0.1, -0.05) is 26.8 Å². The number of hydrogen-bond acceptors (Lipinski definition) is 4. The fraction of sp³-hybridized carbons (Fsp3) is 0.440. The Morgan fingerprint density at radius 3 is 2.41 bits per heavy atom. The van der Waals surface area contributed by atoms with Gasteiger partial charge < -0.3 is 25.6 Å². The van der Waals surface area contributed by atoms with Crippen molar-refractivity contribution in [3.05, 3.63) is 48.0 Å². The monoisotopic (exact) mass is 438 g/mol. The van der Waals surface area contributed by atoms with E-state index in [0.29, 0.717) is 41.1 Å².